The van der Waals surface area contributed by atoms with Gasteiger partial charge in [0.1, 0.15) is 5.82 Å². The molecule has 0 aliphatic rings. The Hall–Kier alpha value is -3.45. The molecule has 0 unspecified atom stereocenters. The fourth-order valence-corrected chi connectivity index (χ4v) is 3.31. The van der Waals surface area contributed by atoms with Gasteiger partial charge in [-0.2, -0.15) is 0 Å². The summed E-state index contributed by atoms with van der Waals surface area (Å²) in [7, 11) is 0. The molecule has 0 fully saturated rings. The number of amides is 2. The van der Waals surface area contributed by atoms with Crippen LogP contribution < -0.4 is 10.6 Å². The van der Waals surface area contributed by atoms with Gasteiger partial charge >= 0.3 is 6.03 Å². The fourth-order valence-electron chi connectivity index (χ4n) is 2.59. The maximum atomic E-state index is 12.1. The molecule has 2 aromatic carbocycles. The fraction of sp³-hybridized carbons (Fsp3) is 0.0500. The Morgan fingerprint density at radius 2 is 1.70 bits per heavy atom. The minimum atomic E-state index is -0.318. The van der Waals surface area contributed by atoms with Crippen LogP contribution in [-0.2, 0) is 6.54 Å². The Bertz CT molecular complexity index is 1030. The van der Waals surface area contributed by atoms with E-state index in [1.807, 2.05) is 66.0 Å². The molecule has 6 nitrogen and oxygen atoms in total. The number of aromatic amines is 1. The molecule has 0 aliphatic carbocycles. The van der Waals surface area contributed by atoms with Gasteiger partial charge in [0.2, 0.25) is 0 Å². The normalized spacial score (nSPS) is 10.5. The van der Waals surface area contributed by atoms with Gasteiger partial charge in [0.05, 0.1) is 24.1 Å². The zero-order chi connectivity index (χ0) is 18.5. The van der Waals surface area contributed by atoms with Crippen LogP contribution in [0.4, 0.5) is 9.93 Å². The van der Waals surface area contributed by atoms with Gasteiger partial charge in [-0.05, 0) is 5.56 Å². The number of carbonyl (C=O) groups is 1. The Balaban J connectivity index is 1.33. The molecule has 4 aromatic rings. The number of aromatic nitrogens is 3. The van der Waals surface area contributed by atoms with Gasteiger partial charge in [0.15, 0.2) is 5.13 Å². The average molecular weight is 375 g/mol. The van der Waals surface area contributed by atoms with Crippen molar-refractivity contribution in [3.8, 4) is 22.5 Å². The van der Waals surface area contributed by atoms with Crippen LogP contribution in [0, 0.1) is 0 Å². The van der Waals surface area contributed by atoms with Crippen LogP contribution in [-0.4, -0.2) is 21.0 Å². The molecule has 3 N–H and O–H groups in total. The van der Waals surface area contributed by atoms with Crippen molar-refractivity contribution in [3.63, 3.8) is 0 Å². The van der Waals surface area contributed by atoms with Gasteiger partial charge in [-0.3, -0.25) is 5.32 Å². The minimum absolute atomic E-state index is 0.301. The highest BCUT2D eigenvalue weighted by atomic mass is 32.1. The Kier molecular flexibility index (Phi) is 4.93. The van der Waals surface area contributed by atoms with Crippen LogP contribution >= 0.6 is 11.3 Å². The predicted molar refractivity (Wildman–Crippen MR) is 107 cm³/mol. The molecule has 0 saturated heterocycles. The first-order valence-electron chi connectivity index (χ1n) is 8.43. The molecule has 7 heteroatoms. The van der Waals surface area contributed by atoms with Gasteiger partial charge in [-0.15, -0.1) is 11.3 Å². The van der Waals surface area contributed by atoms with Crippen molar-refractivity contribution in [2.24, 2.45) is 0 Å². The molecule has 0 aliphatic heterocycles. The van der Waals surface area contributed by atoms with Gasteiger partial charge in [-0.25, -0.2) is 14.8 Å². The zero-order valence-corrected chi connectivity index (χ0v) is 15.2. The molecular weight excluding hydrogens is 358 g/mol. The third-order valence-corrected chi connectivity index (χ3v) is 4.68. The summed E-state index contributed by atoms with van der Waals surface area (Å²) in [5.41, 5.74) is 3.83. The monoisotopic (exact) mass is 375 g/mol. The first-order valence-corrected chi connectivity index (χ1v) is 9.31. The van der Waals surface area contributed by atoms with E-state index in [-0.39, 0.29) is 6.03 Å². The van der Waals surface area contributed by atoms with Crippen molar-refractivity contribution < 1.29 is 4.79 Å². The summed E-state index contributed by atoms with van der Waals surface area (Å²) in [6.07, 6.45) is 1.76. The average Bonchev–Trinajstić information content (AvgIpc) is 3.37. The highest BCUT2D eigenvalue weighted by Gasteiger charge is 2.09. The minimum Gasteiger partial charge on any atom is -0.341 e. The molecule has 2 amide bonds. The molecule has 0 bridgehead atoms. The third-order valence-electron chi connectivity index (χ3n) is 3.92. The maximum Gasteiger partial charge on any atom is 0.321 e. The lowest BCUT2D eigenvalue weighted by Gasteiger charge is -2.03. The van der Waals surface area contributed by atoms with Gasteiger partial charge in [0, 0.05) is 10.9 Å². The summed E-state index contributed by atoms with van der Waals surface area (Å²) < 4.78 is 0. The van der Waals surface area contributed by atoms with Crippen LogP contribution in [0.25, 0.3) is 22.5 Å². The van der Waals surface area contributed by atoms with Crippen LogP contribution in [0.3, 0.4) is 0 Å². The van der Waals surface area contributed by atoms with Crippen LogP contribution in [0.2, 0.25) is 0 Å². The first kappa shape index (κ1) is 17.0. The number of nitrogens with one attached hydrogen (secondary N) is 3. The molecular formula is C20H17N5OS. The standard InChI is InChI=1S/C20H17N5OS/c26-19(25-20-24-17(13-27-20)15-9-5-2-6-10-15)22-12-18-21-11-16(23-18)14-7-3-1-4-8-14/h1-11,13H,12H2,(H,21,23)(H2,22,24,25,26). The Morgan fingerprint density at radius 3 is 2.44 bits per heavy atom. The van der Waals surface area contributed by atoms with E-state index in [2.05, 4.69) is 25.6 Å². The molecule has 27 heavy (non-hydrogen) atoms. The molecule has 0 saturated carbocycles. The molecule has 2 heterocycles. The van der Waals surface area contributed by atoms with Crippen LogP contribution in [0.1, 0.15) is 5.82 Å². The van der Waals surface area contributed by atoms with E-state index in [1.54, 1.807) is 6.20 Å². The molecule has 0 atom stereocenters. The Morgan fingerprint density at radius 1 is 1.00 bits per heavy atom. The first-order chi connectivity index (χ1) is 13.3. The predicted octanol–water partition coefficient (Wildman–Crippen LogP) is 4.52. The summed E-state index contributed by atoms with van der Waals surface area (Å²) in [6, 6.07) is 19.5. The number of hydrogen-bond donors (Lipinski definition) is 3. The SMILES string of the molecule is O=C(NCc1ncc(-c2ccccc2)[nH]1)Nc1nc(-c2ccccc2)cs1. The summed E-state index contributed by atoms with van der Waals surface area (Å²) in [4.78, 5) is 24.1. The van der Waals surface area contributed by atoms with Gasteiger partial charge in [-0.1, -0.05) is 60.7 Å². The quantitative estimate of drug-likeness (QED) is 0.479. The molecule has 4 rings (SSSR count). The number of thiazole rings is 1. The highest BCUT2D eigenvalue weighted by Crippen LogP contribution is 2.24. The van der Waals surface area contributed by atoms with E-state index >= 15 is 0 Å². The summed E-state index contributed by atoms with van der Waals surface area (Å²) in [5, 5.41) is 8.01. The van der Waals surface area contributed by atoms with Crippen molar-refractivity contribution in [1.29, 1.82) is 0 Å². The summed E-state index contributed by atoms with van der Waals surface area (Å²) in [5.74, 6) is 0.688. The molecule has 2 aromatic heterocycles. The zero-order valence-electron chi connectivity index (χ0n) is 14.3. The Labute approximate surface area is 160 Å². The second kappa shape index (κ2) is 7.84. The lowest BCUT2D eigenvalue weighted by atomic mass is 10.2. The van der Waals surface area contributed by atoms with Gasteiger partial charge in [0.25, 0.3) is 0 Å². The van der Waals surface area contributed by atoms with E-state index in [9.17, 15) is 4.79 Å². The van der Waals surface area contributed by atoms with E-state index in [4.69, 9.17) is 0 Å². The van der Waals surface area contributed by atoms with Crippen molar-refractivity contribution >= 4 is 22.5 Å². The highest BCUT2D eigenvalue weighted by molar-refractivity contribution is 7.14. The molecule has 134 valence electrons. The number of urea groups is 1. The number of carbonyl (C=O) groups excluding carboxylic acids is 1. The second-order valence-electron chi connectivity index (χ2n) is 5.82. The van der Waals surface area contributed by atoms with Crippen molar-refractivity contribution in [1.82, 2.24) is 20.3 Å². The molecule has 0 spiro atoms. The summed E-state index contributed by atoms with van der Waals surface area (Å²) >= 11 is 1.39. The second-order valence-corrected chi connectivity index (χ2v) is 6.68. The maximum absolute atomic E-state index is 12.1. The number of imidazole rings is 1. The lowest BCUT2D eigenvalue weighted by Crippen LogP contribution is -2.28. The number of H-pyrrole nitrogens is 1. The topological polar surface area (TPSA) is 82.7 Å². The van der Waals surface area contributed by atoms with Crippen LogP contribution in [0.5, 0.6) is 0 Å². The number of nitrogens with zero attached hydrogens (tertiary/aromatic N) is 2. The van der Waals surface area contributed by atoms with Gasteiger partial charge < -0.3 is 10.3 Å². The van der Waals surface area contributed by atoms with E-state index in [0.29, 0.717) is 17.5 Å². The number of benzene rings is 2. The molecule has 0 radical (unpaired) electrons. The van der Waals surface area contributed by atoms with Crippen molar-refractivity contribution in [3.05, 3.63) is 78.1 Å². The van der Waals surface area contributed by atoms with E-state index < -0.39 is 0 Å². The summed E-state index contributed by atoms with van der Waals surface area (Å²) in [6.45, 7) is 0.301. The van der Waals surface area contributed by atoms with Crippen molar-refractivity contribution in [2.75, 3.05) is 5.32 Å². The number of anilines is 1. The largest absolute Gasteiger partial charge is 0.341 e. The van der Waals surface area contributed by atoms with Crippen molar-refractivity contribution in [2.45, 2.75) is 6.54 Å². The number of rotatable bonds is 5. The van der Waals surface area contributed by atoms with E-state index in [1.165, 1.54) is 11.3 Å². The van der Waals surface area contributed by atoms with E-state index in [0.717, 1.165) is 22.5 Å². The lowest BCUT2D eigenvalue weighted by molar-refractivity contribution is 0.251. The third kappa shape index (κ3) is 4.21. The smallest absolute Gasteiger partial charge is 0.321 e. The number of hydrogen-bond acceptors (Lipinski definition) is 4. The van der Waals surface area contributed by atoms with Crippen LogP contribution in [0.15, 0.2) is 72.2 Å².